The smallest absolute Gasteiger partial charge is 0.254 e. The lowest BCUT2D eigenvalue weighted by atomic mass is 10.1. The van der Waals surface area contributed by atoms with Crippen LogP contribution < -0.4 is 5.32 Å². The van der Waals surface area contributed by atoms with Gasteiger partial charge in [-0.15, -0.1) is 0 Å². The molecule has 1 saturated heterocycles. The number of carbonyl (C=O) groups excluding carboxylic acids is 2. The van der Waals surface area contributed by atoms with Crippen molar-refractivity contribution in [2.75, 3.05) is 13.1 Å². The molecule has 0 spiro atoms. The summed E-state index contributed by atoms with van der Waals surface area (Å²) in [6.07, 6.45) is 4.75. The second-order valence-corrected chi connectivity index (χ2v) is 7.24. The van der Waals surface area contributed by atoms with E-state index in [1.54, 1.807) is 0 Å². The van der Waals surface area contributed by atoms with Crippen LogP contribution in [0.15, 0.2) is 34.7 Å². The number of halogens is 2. The highest BCUT2D eigenvalue weighted by molar-refractivity contribution is 5.94. The SMILES string of the molecule is CCc1ccc(C2CCCCCN2C(=O)CCNC(=O)c2ccc(F)cc2F)o1. The maximum absolute atomic E-state index is 13.7. The average Bonchev–Trinajstić information content (AvgIpc) is 3.04. The van der Waals surface area contributed by atoms with E-state index < -0.39 is 17.5 Å². The number of nitrogens with one attached hydrogen (secondary N) is 1. The molecule has 2 amide bonds. The molecule has 0 radical (unpaired) electrons. The Morgan fingerprint density at radius 3 is 2.72 bits per heavy atom. The van der Waals surface area contributed by atoms with E-state index in [1.807, 2.05) is 24.0 Å². The van der Waals surface area contributed by atoms with Crippen molar-refractivity contribution in [3.63, 3.8) is 0 Å². The van der Waals surface area contributed by atoms with E-state index in [0.29, 0.717) is 12.6 Å². The molecule has 1 atom stereocenters. The zero-order valence-electron chi connectivity index (χ0n) is 16.5. The number of aryl methyl sites for hydroxylation is 1. The quantitative estimate of drug-likeness (QED) is 0.777. The van der Waals surface area contributed by atoms with Crippen LogP contribution in [0.25, 0.3) is 0 Å². The Morgan fingerprint density at radius 2 is 2.00 bits per heavy atom. The number of hydrogen-bond acceptors (Lipinski definition) is 3. The fourth-order valence-corrected chi connectivity index (χ4v) is 3.66. The Bertz CT molecular complexity index is 865. The zero-order chi connectivity index (χ0) is 20.8. The van der Waals surface area contributed by atoms with Crippen molar-refractivity contribution in [1.29, 1.82) is 0 Å². The number of carbonyl (C=O) groups is 2. The van der Waals surface area contributed by atoms with Crippen LogP contribution in [-0.4, -0.2) is 29.8 Å². The molecule has 5 nitrogen and oxygen atoms in total. The van der Waals surface area contributed by atoms with E-state index in [9.17, 15) is 18.4 Å². The molecule has 7 heteroatoms. The highest BCUT2D eigenvalue weighted by atomic mass is 19.1. The van der Waals surface area contributed by atoms with E-state index >= 15 is 0 Å². The van der Waals surface area contributed by atoms with Crippen molar-refractivity contribution in [1.82, 2.24) is 10.2 Å². The Hall–Kier alpha value is -2.70. The van der Waals surface area contributed by atoms with E-state index in [2.05, 4.69) is 5.32 Å². The Morgan fingerprint density at radius 1 is 1.17 bits per heavy atom. The van der Waals surface area contributed by atoms with Crippen LogP contribution >= 0.6 is 0 Å². The molecule has 2 heterocycles. The first-order valence-corrected chi connectivity index (χ1v) is 10.1. The van der Waals surface area contributed by atoms with Gasteiger partial charge in [-0.05, 0) is 37.1 Å². The van der Waals surface area contributed by atoms with Crippen molar-refractivity contribution < 1.29 is 22.8 Å². The summed E-state index contributed by atoms with van der Waals surface area (Å²) in [6, 6.07) is 6.56. The fraction of sp³-hybridized carbons (Fsp3) is 0.455. The van der Waals surface area contributed by atoms with Crippen LogP contribution in [0.4, 0.5) is 8.78 Å². The standard InChI is InChI=1S/C22H26F2N2O3/c1-2-16-8-10-20(29-16)19-6-4-3-5-13-26(19)21(27)11-12-25-22(28)17-9-7-15(23)14-18(17)24/h7-10,14,19H,2-6,11-13H2,1H3,(H,25,28). The van der Waals surface area contributed by atoms with Crippen molar-refractivity contribution >= 4 is 11.8 Å². The predicted molar refractivity (Wildman–Crippen MR) is 104 cm³/mol. The molecule has 156 valence electrons. The highest BCUT2D eigenvalue weighted by Gasteiger charge is 2.28. The third-order valence-corrected chi connectivity index (χ3v) is 5.23. The molecular weight excluding hydrogens is 378 g/mol. The number of hydrogen-bond donors (Lipinski definition) is 1. The molecule has 1 fully saturated rings. The van der Waals surface area contributed by atoms with Crippen LogP contribution in [-0.2, 0) is 11.2 Å². The number of rotatable bonds is 6. The molecule has 3 rings (SSSR count). The lowest BCUT2D eigenvalue weighted by molar-refractivity contribution is -0.133. The molecule has 1 aliphatic heterocycles. The lowest BCUT2D eigenvalue weighted by Crippen LogP contribution is -2.37. The third-order valence-electron chi connectivity index (χ3n) is 5.23. The summed E-state index contributed by atoms with van der Waals surface area (Å²) in [5.41, 5.74) is -0.242. The summed E-state index contributed by atoms with van der Waals surface area (Å²) < 4.78 is 32.6. The van der Waals surface area contributed by atoms with Gasteiger partial charge in [-0.2, -0.15) is 0 Å². The van der Waals surface area contributed by atoms with E-state index in [1.165, 1.54) is 0 Å². The maximum atomic E-state index is 13.7. The van der Waals surface area contributed by atoms with E-state index in [4.69, 9.17) is 4.42 Å². The minimum atomic E-state index is -0.925. The van der Waals surface area contributed by atoms with Gasteiger partial charge in [0.2, 0.25) is 5.91 Å². The van der Waals surface area contributed by atoms with Gasteiger partial charge in [-0.25, -0.2) is 8.78 Å². The highest BCUT2D eigenvalue weighted by Crippen LogP contribution is 2.31. The third kappa shape index (κ3) is 5.22. The van der Waals surface area contributed by atoms with Gasteiger partial charge in [0.15, 0.2) is 0 Å². The van der Waals surface area contributed by atoms with Gasteiger partial charge in [0.25, 0.3) is 5.91 Å². The molecule has 29 heavy (non-hydrogen) atoms. The fourth-order valence-electron chi connectivity index (χ4n) is 3.66. The minimum Gasteiger partial charge on any atom is -0.464 e. The topological polar surface area (TPSA) is 62.6 Å². The van der Waals surface area contributed by atoms with Crippen molar-refractivity contribution in [3.05, 3.63) is 59.1 Å². The maximum Gasteiger partial charge on any atom is 0.254 e. The molecule has 1 aliphatic rings. The van der Waals surface area contributed by atoms with Crippen LogP contribution in [0.1, 0.15) is 66.9 Å². The van der Waals surface area contributed by atoms with Gasteiger partial charge in [0, 0.05) is 32.0 Å². The number of likely N-dealkylation sites (tertiary alicyclic amines) is 1. The Balaban J connectivity index is 1.60. The van der Waals surface area contributed by atoms with Crippen molar-refractivity contribution in [3.8, 4) is 0 Å². The predicted octanol–water partition coefficient (Wildman–Crippen LogP) is 4.38. The molecule has 0 saturated carbocycles. The molecule has 0 bridgehead atoms. The Labute approximate surface area is 169 Å². The summed E-state index contributed by atoms with van der Waals surface area (Å²) >= 11 is 0. The molecule has 1 aromatic heterocycles. The first-order chi connectivity index (χ1) is 14.0. The van der Waals surface area contributed by atoms with Gasteiger partial charge in [-0.1, -0.05) is 19.8 Å². The second-order valence-electron chi connectivity index (χ2n) is 7.24. The molecule has 2 aromatic rings. The van der Waals surface area contributed by atoms with Gasteiger partial charge >= 0.3 is 0 Å². The minimum absolute atomic E-state index is 0.0776. The van der Waals surface area contributed by atoms with Crippen LogP contribution in [0.2, 0.25) is 0 Å². The summed E-state index contributed by atoms with van der Waals surface area (Å²) in [5, 5.41) is 2.54. The number of benzene rings is 1. The number of furan rings is 1. The van der Waals surface area contributed by atoms with Crippen LogP contribution in [0, 0.1) is 11.6 Å². The molecule has 0 aliphatic carbocycles. The zero-order valence-corrected chi connectivity index (χ0v) is 16.5. The molecule has 1 unspecified atom stereocenters. The van der Waals surface area contributed by atoms with Crippen molar-refractivity contribution in [2.24, 2.45) is 0 Å². The molecule has 1 N–H and O–H groups in total. The van der Waals surface area contributed by atoms with Gasteiger partial charge in [0.1, 0.15) is 23.2 Å². The first-order valence-electron chi connectivity index (χ1n) is 10.1. The largest absolute Gasteiger partial charge is 0.464 e. The first kappa shape index (κ1) is 21.0. The molecular formula is C22H26F2N2O3. The molecule has 1 aromatic carbocycles. The number of amides is 2. The second kappa shape index (κ2) is 9.67. The van der Waals surface area contributed by atoms with Gasteiger partial charge < -0.3 is 14.6 Å². The summed E-state index contributed by atoms with van der Waals surface area (Å²) in [6.45, 7) is 2.74. The van der Waals surface area contributed by atoms with Crippen molar-refractivity contribution in [2.45, 2.75) is 51.5 Å². The van der Waals surface area contributed by atoms with E-state index in [0.717, 1.165) is 55.8 Å². The average molecular weight is 404 g/mol. The summed E-state index contributed by atoms with van der Waals surface area (Å²) in [7, 11) is 0. The monoisotopic (exact) mass is 404 g/mol. The lowest BCUT2D eigenvalue weighted by Gasteiger charge is -2.29. The van der Waals surface area contributed by atoms with Crippen LogP contribution in [0.5, 0.6) is 0 Å². The van der Waals surface area contributed by atoms with Gasteiger partial charge in [-0.3, -0.25) is 9.59 Å². The Kier molecular flexibility index (Phi) is 7.01. The normalized spacial score (nSPS) is 17.1. The summed E-state index contributed by atoms with van der Waals surface area (Å²) in [4.78, 5) is 26.8. The number of nitrogens with zero attached hydrogens (tertiary/aromatic N) is 1. The summed E-state index contributed by atoms with van der Waals surface area (Å²) in [5.74, 6) is -0.719. The van der Waals surface area contributed by atoms with E-state index in [-0.39, 0.29) is 30.5 Å². The van der Waals surface area contributed by atoms with Gasteiger partial charge in [0.05, 0.1) is 11.6 Å². The van der Waals surface area contributed by atoms with Crippen LogP contribution in [0.3, 0.4) is 0 Å².